The van der Waals surface area contributed by atoms with E-state index in [9.17, 15) is 8.78 Å². The average molecular weight is 628 g/mol. The van der Waals surface area contributed by atoms with Crippen LogP contribution >= 0.6 is 15.9 Å². The summed E-state index contributed by atoms with van der Waals surface area (Å²) in [4.78, 5) is 21.6. The van der Waals surface area contributed by atoms with Crippen molar-refractivity contribution in [2.45, 2.75) is 38.5 Å². The quantitative estimate of drug-likeness (QED) is 0.255. The molecular weight excluding hydrogens is 594 g/mol. The summed E-state index contributed by atoms with van der Waals surface area (Å²) < 4.78 is 31.3. The predicted octanol–water partition coefficient (Wildman–Crippen LogP) is 7.16. The van der Waals surface area contributed by atoms with Gasteiger partial charge in [0.1, 0.15) is 23.1 Å². The van der Waals surface area contributed by atoms with Crippen LogP contribution in [0, 0.1) is 11.6 Å². The summed E-state index contributed by atoms with van der Waals surface area (Å²) in [6.07, 6.45) is 14.4. The molecule has 8 nitrogen and oxygen atoms in total. The molecule has 4 aromatic rings. The number of hydrogen-bond donors (Lipinski definition) is 1. The van der Waals surface area contributed by atoms with Crippen molar-refractivity contribution in [3.63, 3.8) is 0 Å². The number of aromatic nitrogens is 4. The molecule has 0 amide bonds. The van der Waals surface area contributed by atoms with E-state index in [1.807, 2.05) is 0 Å². The Bertz CT molecular complexity index is 1280. The van der Waals surface area contributed by atoms with Crippen LogP contribution in [0.4, 0.5) is 20.7 Å². The highest BCUT2D eigenvalue weighted by Gasteiger charge is 2.14. The molecule has 0 bridgehead atoms. The topological polar surface area (TPSA) is 87.5 Å². The van der Waals surface area contributed by atoms with Crippen molar-refractivity contribution in [2.75, 3.05) is 36.0 Å². The van der Waals surface area contributed by atoms with Gasteiger partial charge in [0.15, 0.2) is 5.75 Å². The molecule has 41 heavy (non-hydrogen) atoms. The number of nitrogens with zero attached hydrogens (tertiary/aromatic N) is 6. The zero-order chi connectivity index (χ0) is 28.9. The molecule has 2 aliphatic heterocycles. The molecule has 11 heteroatoms. The highest BCUT2D eigenvalue weighted by molar-refractivity contribution is 9.10. The fraction of sp³-hybridized carbons (Fsp3) is 0.333. The third kappa shape index (κ3) is 10.2. The van der Waals surface area contributed by atoms with Gasteiger partial charge < -0.3 is 19.6 Å². The smallest absolute Gasteiger partial charge is 0.225 e. The maximum absolute atomic E-state index is 12.8. The van der Waals surface area contributed by atoms with Crippen molar-refractivity contribution in [3.05, 3.63) is 89.4 Å². The maximum Gasteiger partial charge on any atom is 0.225 e. The molecule has 0 aliphatic carbocycles. The summed E-state index contributed by atoms with van der Waals surface area (Å²) in [5, 5.41) is 8.59. The lowest BCUT2D eigenvalue weighted by molar-refractivity contribution is 0.473. The number of ether oxygens (including phenoxy) is 1. The van der Waals surface area contributed by atoms with Crippen molar-refractivity contribution < 1.29 is 18.6 Å². The SMILES string of the molecule is Brc1cnc(N2CCCCC2)nc1.Fc1ccc(Oc2cnc(N3CCCCC3)nc2)cc1.Oc1ccc(F)cc1. The first-order valence-corrected chi connectivity index (χ1v) is 14.4. The van der Waals surface area contributed by atoms with E-state index < -0.39 is 0 Å². The van der Waals surface area contributed by atoms with Crippen LogP contribution in [0.3, 0.4) is 0 Å². The number of hydrogen-bond acceptors (Lipinski definition) is 8. The second-order valence-electron chi connectivity index (χ2n) is 9.55. The molecule has 2 saturated heterocycles. The second kappa shape index (κ2) is 15.8. The Morgan fingerprint density at radius 1 is 0.585 bits per heavy atom. The number of phenolic OH excluding ortho intramolecular Hbond substituents is 1. The van der Waals surface area contributed by atoms with Gasteiger partial charge in [-0.15, -0.1) is 0 Å². The average Bonchev–Trinajstić information content (AvgIpc) is 3.02. The Balaban J connectivity index is 0.000000158. The first-order valence-electron chi connectivity index (χ1n) is 13.6. The minimum absolute atomic E-state index is 0.0893. The standard InChI is InChI=1S/C15H16FN3O.C9H12BrN3.C6H5FO/c16-12-4-6-13(7-5-12)20-14-10-17-15(18-11-14)19-8-2-1-3-9-19;10-8-6-11-9(12-7-8)13-4-2-1-3-5-13;7-5-1-3-6(8)4-2-5/h4-7,10-11H,1-3,8-9H2;6-7H,1-5H2;1-4,8H. The fourth-order valence-corrected chi connectivity index (χ4v) is 4.47. The number of halogens is 3. The Morgan fingerprint density at radius 3 is 1.44 bits per heavy atom. The van der Waals surface area contributed by atoms with Gasteiger partial charge >= 0.3 is 0 Å². The van der Waals surface area contributed by atoms with Gasteiger partial charge in [-0.05, 0) is 103 Å². The minimum atomic E-state index is -0.331. The molecular formula is C30H33BrF2N6O2. The molecule has 2 aliphatic rings. The number of phenols is 1. The van der Waals surface area contributed by atoms with Gasteiger partial charge in [0.2, 0.25) is 11.9 Å². The predicted molar refractivity (Wildman–Crippen MR) is 158 cm³/mol. The minimum Gasteiger partial charge on any atom is -0.508 e. The van der Waals surface area contributed by atoms with Gasteiger partial charge in [0.05, 0.1) is 16.9 Å². The lowest BCUT2D eigenvalue weighted by atomic mass is 10.1. The summed E-state index contributed by atoms with van der Waals surface area (Å²) in [5.41, 5.74) is 0. The molecule has 2 fully saturated rings. The number of aromatic hydroxyl groups is 1. The van der Waals surface area contributed by atoms with E-state index in [1.54, 1.807) is 36.9 Å². The number of benzene rings is 2. The molecule has 2 aromatic carbocycles. The van der Waals surface area contributed by atoms with Crippen molar-refractivity contribution in [3.8, 4) is 17.2 Å². The van der Waals surface area contributed by atoms with Crippen LogP contribution in [-0.2, 0) is 0 Å². The molecule has 0 atom stereocenters. The van der Waals surface area contributed by atoms with E-state index in [2.05, 4.69) is 45.7 Å². The summed E-state index contributed by atoms with van der Waals surface area (Å²) in [5.74, 6) is 2.21. The van der Waals surface area contributed by atoms with Crippen LogP contribution < -0.4 is 14.5 Å². The van der Waals surface area contributed by atoms with E-state index in [-0.39, 0.29) is 17.4 Å². The number of rotatable bonds is 4. The molecule has 216 valence electrons. The van der Waals surface area contributed by atoms with Gasteiger partial charge in [-0.1, -0.05) is 0 Å². The lowest BCUT2D eigenvalue weighted by Crippen LogP contribution is -2.30. The Kier molecular flexibility index (Phi) is 11.6. The van der Waals surface area contributed by atoms with Crippen LogP contribution in [0.1, 0.15) is 38.5 Å². The van der Waals surface area contributed by atoms with Crippen molar-refractivity contribution in [1.82, 2.24) is 19.9 Å². The van der Waals surface area contributed by atoms with Gasteiger partial charge in [0.25, 0.3) is 0 Å². The fourth-order valence-electron chi connectivity index (χ4n) is 4.26. The first kappa shape index (κ1) is 30.1. The highest BCUT2D eigenvalue weighted by atomic mass is 79.9. The van der Waals surface area contributed by atoms with Gasteiger partial charge in [0, 0.05) is 38.6 Å². The Labute approximate surface area is 247 Å². The Morgan fingerprint density at radius 2 is 1.00 bits per heavy atom. The lowest BCUT2D eigenvalue weighted by Gasteiger charge is -2.26. The number of anilines is 2. The summed E-state index contributed by atoms with van der Waals surface area (Å²) in [6, 6.07) is 10.9. The summed E-state index contributed by atoms with van der Waals surface area (Å²) in [7, 11) is 0. The van der Waals surface area contributed by atoms with Crippen LogP contribution in [0.15, 0.2) is 77.8 Å². The van der Waals surface area contributed by atoms with E-state index in [1.165, 1.54) is 74.9 Å². The molecule has 4 heterocycles. The monoisotopic (exact) mass is 626 g/mol. The van der Waals surface area contributed by atoms with Crippen LogP contribution in [0.25, 0.3) is 0 Å². The maximum atomic E-state index is 12.8. The normalized spacial score (nSPS) is 14.7. The first-order chi connectivity index (χ1) is 20.0. The molecule has 1 N–H and O–H groups in total. The van der Waals surface area contributed by atoms with E-state index in [0.29, 0.717) is 11.5 Å². The van der Waals surface area contributed by atoms with E-state index in [4.69, 9.17) is 9.84 Å². The van der Waals surface area contributed by atoms with E-state index >= 15 is 0 Å². The summed E-state index contributed by atoms with van der Waals surface area (Å²) >= 11 is 3.33. The molecule has 6 rings (SSSR count). The molecule has 0 unspecified atom stereocenters. The van der Waals surface area contributed by atoms with Crippen molar-refractivity contribution in [1.29, 1.82) is 0 Å². The largest absolute Gasteiger partial charge is 0.508 e. The van der Waals surface area contributed by atoms with Crippen molar-refractivity contribution in [2.24, 2.45) is 0 Å². The zero-order valence-corrected chi connectivity index (χ0v) is 24.3. The van der Waals surface area contributed by atoms with Gasteiger partial charge in [-0.2, -0.15) is 0 Å². The van der Waals surface area contributed by atoms with Gasteiger partial charge in [-0.25, -0.2) is 28.7 Å². The zero-order valence-electron chi connectivity index (χ0n) is 22.7. The number of piperidine rings is 2. The van der Waals surface area contributed by atoms with Crippen LogP contribution in [0.5, 0.6) is 17.2 Å². The molecule has 0 spiro atoms. The molecule has 0 saturated carbocycles. The van der Waals surface area contributed by atoms with Crippen LogP contribution in [0.2, 0.25) is 0 Å². The van der Waals surface area contributed by atoms with E-state index in [0.717, 1.165) is 42.5 Å². The third-order valence-electron chi connectivity index (χ3n) is 6.37. The third-order valence-corrected chi connectivity index (χ3v) is 6.78. The summed E-state index contributed by atoms with van der Waals surface area (Å²) in [6.45, 7) is 4.22. The van der Waals surface area contributed by atoms with Crippen molar-refractivity contribution >= 4 is 27.8 Å². The second-order valence-corrected chi connectivity index (χ2v) is 10.5. The molecule has 2 aromatic heterocycles. The highest BCUT2D eigenvalue weighted by Crippen LogP contribution is 2.22. The van der Waals surface area contributed by atoms with Gasteiger partial charge in [-0.3, -0.25) is 0 Å². The molecule has 0 radical (unpaired) electrons. The van der Waals surface area contributed by atoms with Crippen LogP contribution in [-0.4, -0.2) is 51.2 Å². The Hall–Kier alpha value is -3.86.